The van der Waals surface area contributed by atoms with E-state index in [0.717, 1.165) is 11.1 Å². The van der Waals surface area contributed by atoms with Gasteiger partial charge < -0.3 is 4.90 Å². The van der Waals surface area contributed by atoms with E-state index in [1.165, 1.54) is 5.01 Å². The Morgan fingerprint density at radius 3 is 2.76 bits per heavy atom. The minimum Gasteiger partial charge on any atom is -0.337 e. The predicted octanol–water partition coefficient (Wildman–Crippen LogP) is 2.79. The lowest BCUT2D eigenvalue weighted by Crippen LogP contribution is -2.43. The third kappa shape index (κ3) is 4.24. The van der Waals surface area contributed by atoms with Crippen molar-refractivity contribution in [2.45, 2.75) is 40.5 Å². The number of hydrogen-bond acceptors (Lipinski definition) is 4. The highest BCUT2D eigenvalue weighted by molar-refractivity contribution is 6.40. The van der Waals surface area contributed by atoms with Crippen LogP contribution in [0.3, 0.4) is 0 Å². The molecule has 1 heterocycles. The molecular weight excluding hydrogens is 316 g/mol. The van der Waals surface area contributed by atoms with E-state index >= 15 is 0 Å². The Hall–Kier alpha value is -2.68. The number of hydrogen-bond donors (Lipinski definition) is 0. The van der Waals surface area contributed by atoms with E-state index < -0.39 is 0 Å². The number of benzene rings is 1. The fraction of sp³-hybridized carbons (Fsp3) is 0.474. The molecule has 0 saturated heterocycles. The van der Waals surface area contributed by atoms with Crippen LogP contribution in [0.4, 0.5) is 5.69 Å². The first-order valence-electron chi connectivity index (χ1n) is 8.54. The van der Waals surface area contributed by atoms with Crippen LogP contribution in [0.15, 0.2) is 23.3 Å². The number of hydrazone groups is 1. The molecule has 6 nitrogen and oxygen atoms in total. The largest absolute Gasteiger partial charge is 0.337 e. The summed E-state index contributed by atoms with van der Waals surface area (Å²) in [6.45, 7) is 8.39. The highest BCUT2D eigenvalue weighted by Gasteiger charge is 2.29. The summed E-state index contributed by atoms with van der Waals surface area (Å²) in [4.78, 5) is 26.7. The average Bonchev–Trinajstić information content (AvgIpc) is 2.61. The van der Waals surface area contributed by atoms with Gasteiger partial charge in [0.15, 0.2) is 0 Å². The van der Waals surface area contributed by atoms with Crippen LogP contribution in [0, 0.1) is 31.1 Å². The molecule has 0 unspecified atom stereocenters. The molecule has 6 heteroatoms. The monoisotopic (exact) mass is 340 g/mol. The van der Waals surface area contributed by atoms with Crippen LogP contribution >= 0.6 is 0 Å². The number of nitrogens with zero attached hydrogens (tertiary/aromatic N) is 4. The molecule has 25 heavy (non-hydrogen) atoms. The van der Waals surface area contributed by atoms with Gasteiger partial charge in [0.25, 0.3) is 5.91 Å². The third-order valence-corrected chi connectivity index (χ3v) is 4.26. The van der Waals surface area contributed by atoms with Crippen molar-refractivity contribution in [2.24, 2.45) is 11.0 Å². The van der Waals surface area contributed by atoms with Gasteiger partial charge in [0, 0.05) is 25.9 Å². The van der Waals surface area contributed by atoms with Crippen molar-refractivity contribution in [3.05, 3.63) is 29.3 Å². The van der Waals surface area contributed by atoms with Crippen molar-refractivity contribution in [1.82, 2.24) is 4.90 Å². The van der Waals surface area contributed by atoms with Crippen molar-refractivity contribution in [3.63, 3.8) is 0 Å². The zero-order valence-electron chi connectivity index (χ0n) is 15.2. The summed E-state index contributed by atoms with van der Waals surface area (Å²) in [5.41, 5.74) is 3.04. The smallest absolute Gasteiger partial charge is 0.270 e. The van der Waals surface area contributed by atoms with E-state index in [-0.39, 0.29) is 24.2 Å². The topological polar surface area (TPSA) is 76.8 Å². The van der Waals surface area contributed by atoms with E-state index in [0.29, 0.717) is 30.9 Å². The first kappa shape index (κ1) is 18.7. The lowest BCUT2D eigenvalue weighted by Gasteiger charge is -2.28. The number of carbonyl (C=O) groups is 2. The maximum absolute atomic E-state index is 12.8. The van der Waals surface area contributed by atoms with Crippen LogP contribution in [-0.4, -0.2) is 35.5 Å². The summed E-state index contributed by atoms with van der Waals surface area (Å²) in [7, 11) is 0. The third-order valence-electron chi connectivity index (χ3n) is 4.26. The van der Waals surface area contributed by atoms with E-state index in [9.17, 15) is 9.59 Å². The van der Waals surface area contributed by atoms with Gasteiger partial charge in [-0.05, 0) is 44.9 Å². The lowest BCUT2D eigenvalue weighted by molar-refractivity contribution is -0.124. The van der Waals surface area contributed by atoms with E-state index in [1.54, 1.807) is 11.8 Å². The summed E-state index contributed by atoms with van der Waals surface area (Å²) >= 11 is 0. The highest BCUT2D eigenvalue weighted by Crippen LogP contribution is 2.25. The molecule has 0 aliphatic carbocycles. The standard InChI is InChI=1S/C19H24N4O2/c1-5-22(12-14(3)11-20)19(25)16-8-9-18(24)23(21-16)17-10-13(2)6-7-15(17)4/h6-7,10,14H,5,8-9,12H2,1-4H3/t14-/m1/s1. The Morgan fingerprint density at radius 1 is 1.40 bits per heavy atom. The van der Waals surface area contributed by atoms with Gasteiger partial charge in [0.05, 0.1) is 17.7 Å². The molecule has 0 bridgehead atoms. The van der Waals surface area contributed by atoms with Gasteiger partial charge in [0.1, 0.15) is 5.71 Å². The van der Waals surface area contributed by atoms with Crippen molar-refractivity contribution < 1.29 is 9.59 Å². The molecule has 0 N–H and O–H groups in total. The average molecular weight is 340 g/mol. The Morgan fingerprint density at radius 2 is 2.12 bits per heavy atom. The second-order valence-corrected chi connectivity index (χ2v) is 6.42. The van der Waals surface area contributed by atoms with E-state index in [2.05, 4.69) is 11.2 Å². The molecule has 0 radical (unpaired) electrons. The van der Waals surface area contributed by atoms with Gasteiger partial charge in [-0.25, -0.2) is 5.01 Å². The molecule has 1 aromatic carbocycles. The maximum Gasteiger partial charge on any atom is 0.270 e. The van der Waals surface area contributed by atoms with Gasteiger partial charge in [-0.2, -0.15) is 10.4 Å². The van der Waals surface area contributed by atoms with Crippen LogP contribution < -0.4 is 5.01 Å². The SMILES string of the molecule is CCN(C[C@H](C)C#N)C(=O)C1=NN(c2cc(C)ccc2C)C(=O)CC1. The Labute approximate surface area is 148 Å². The molecule has 0 fully saturated rings. The number of rotatable bonds is 5. The fourth-order valence-electron chi connectivity index (χ4n) is 2.75. The Kier molecular flexibility index (Phi) is 5.92. The molecule has 1 atom stereocenters. The highest BCUT2D eigenvalue weighted by atomic mass is 16.2. The second kappa shape index (κ2) is 7.93. The summed E-state index contributed by atoms with van der Waals surface area (Å²) in [6, 6.07) is 7.97. The number of aryl methyl sites for hydroxylation is 2. The van der Waals surface area contributed by atoms with Gasteiger partial charge in [-0.3, -0.25) is 9.59 Å². The zero-order valence-corrected chi connectivity index (χ0v) is 15.2. The fourth-order valence-corrected chi connectivity index (χ4v) is 2.75. The number of carbonyl (C=O) groups excluding carboxylic acids is 2. The zero-order chi connectivity index (χ0) is 18.6. The van der Waals surface area contributed by atoms with Crippen LogP contribution in [-0.2, 0) is 9.59 Å². The quantitative estimate of drug-likeness (QED) is 0.827. The molecule has 1 aromatic rings. The van der Waals surface area contributed by atoms with Crippen molar-refractivity contribution in [1.29, 1.82) is 5.26 Å². The molecule has 132 valence electrons. The van der Waals surface area contributed by atoms with Crippen LogP contribution in [0.1, 0.15) is 37.8 Å². The lowest BCUT2D eigenvalue weighted by atomic mass is 10.1. The number of amides is 2. The summed E-state index contributed by atoms with van der Waals surface area (Å²) in [5, 5.41) is 14.7. The van der Waals surface area contributed by atoms with Gasteiger partial charge in [0.2, 0.25) is 5.91 Å². The summed E-state index contributed by atoms with van der Waals surface area (Å²) in [5.74, 6) is -0.559. The summed E-state index contributed by atoms with van der Waals surface area (Å²) in [6.07, 6.45) is 0.583. The van der Waals surface area contributed by atoms with Gasteiger partial charge >= 0.3 is 0 Å². The molecule has 2 rings (SSSR count). The Bertz CT molecular complexity index is 748. The first-order chi connectivity index (χ1) is 11.9. The molecule has 0 spiro atoms. The minimum atomic E-state index is -0.246. The van der Waals surface area contributed by atoms with E-state index in [1.807, 2.05) is 39.0 Å². The van der Waals surface area contributed by atoms with Crippen molar-refractivity contribution >= 4 is 23.2 Å². The number of anilines is 1. The number of nitriles is 1. The normalized spacial score (nSPS) is 15.4. The molecule has 2 amide bonds. The van der Waals surface area contributed by atoms with E-state index in [4.69, 9.17) is 5.26 Å². The van der Waals surface area contributed by atoms with Crippen molar-refractivity contribution in [3.8, 4) is 6.07 Å². The van der Waals surface area contributed by atoms with Crippen LogP contribution in [0.25, 0.3) is 0 Å². The van der Waals surface area contributed by atoms with Gasteiger partial charge in [-0.1, -0.05) is 12.1 Å². The Balaban J connectivity index is 2.32. The summed E-state index contributed by atoms with van der Waals surface area (Å²) < 4.78 is 0. The minimum absolute atomic E-state index is 0.112. The first-order valence-corrected chi connectivity index (χ1v) is 8.54. The predicted molar refractivity (Wildman–Crippen MR) is 97.1 cm³/mol. The molecule has 0 saturated carbocycles. The molecule has 1 aliphatic heterocycles. The molecule has 1 aliphatic rings. The van der Waals surface area contributed by atoms with Crippen LogP contribution in [0.2, 0.25) is 0 Å². The molecule has 0 aromatic heterocycles. The molecular formula is C19H24N4O2. The van der Waals surface area contributed by atoms with Crippen LogP contribution in [0.5, 0.6) is 0 Å². The second-order valence-electron chi connectivity index (χ2n) is 6.42. The van der Waals surface area contributed by atoms with Crippen molar-refractivity contribution in [2.75, 3.05) is 18.1 Å². The van der Waals surface area contributed by atoms with Gasteiger partial charge in [-0.15, -0.1) is 0 Å². The maximum atomic E-state index is 12.8.